The van der Waals surface area contributed by atoms with E-state index in [9.17, 15) is 14.0 Å². The molecule has 0 radical (unpaired) electrons. The predicted octanol–water partition coefficient (Wildman–Crippen LogP) is 1.81. The SMILES string of the molecule is C[C@H](NCC1(c2ccc(F)cc2)CCCC1)C(=O)NC(N)=O. The average molecular weight is 307 g/mol. The van der Waals surface area contributed by atoms with Crippen LogP contribution in [0.15, 0.2) is 24.3 Å². The third-order valence-corrected chi connectivity index (χ3v) is 4.40. The van der Waals surface area contributed by atoms with Gasteiger partial charge in [-0.25, -0.2) is 9.18 Å². The molecule has 0 spiro atoms. The minimum Gasteiger partial charge on any atom is -0.351 e. The molecule has 5 nitrogen and oxygen atoms in total. The molecule has 1 aliphatic carbocycles. The first kappa shape index (κ1) is 16.4. The van der Waals surface area contributed by atoms with Gasteiger partial charge < -0.3 is 11.1 Å². The van der Waals surface area contributed by atoms with E-state index in [4.69, 9.17) is 5.73 Å². The topological polar surface area (TPSA) is 84.2 Å². The summed E-state index contributed by atoms with van der Waals surface area (Å²) in [5, 5.41) is 5.24. The molecule has 4 N–H and O–H groups in total. The Bertz CT molecular complexity index is 539. The van der Waals surface area contributed by atoms with Crippen LogP contribution in [0.5, 0.6) is 0 Å². The fourth-order valence-electron chi connectivity index (χ4n) is 3.09. The van der Waals surface area contributed by atoms with E-state index in [1.807, 2.05) is 12.1 Å². The minimum absolute atomic E-state index is 0.0883. The summed E-state index contributed by atoms with van der Waals surface area (Å²) >= 11 is 0. The molecule has 1 saturated carbocycles. The van der Waals surface area contributed by atoms with Gasteiger partial charge in [0, 0.05) is 12.0 Å². The number of imide groups is 1. The van der Waals surface area contributed by atoms with Crippen LogP contribution in [-0.4, -0.2) is 24.5 Å². The van der Waals surface area contributed by atoms with Gasteiger partial charge in [0.2, 0.25) is 5.91 Å². The number of rotatable bonds is 5. The lowest BCUT2D eigenvalue weighted by Crippen LogP contribution is -2.49. The zero-order valence-corrected chi connectivity index (χ0v) is 12.7. The van der Waals surface area contributed by atoms with Crippen molar-refractivity contribution < 1.29 is 14.0 Å². The zero-order valence-electron chi connectivity index (χ0n) is 12.7. The van der Waals surface area contributed by atoms with Crippen LogP contribution in [0.25, 0.3) is 0 Å². The highest BCUT2D eigenvalue weighted by molar-refractivity contribution is 5.96. The standard InChI is InChI=1S/C16H22FN3O2/c1-11(14(21)20-15(18)22)19-10-16(8-2-3-9-16)12-4-6-13(17)7-5-12/h4-7,11,19H,2-3,8-10H2,1H3,(H3,18,20,21,22)/t11-/m0/s1. The lowest BCUT2D eigenvalue weighted by atomic mass is 9.78. The molecular formula is C16H22FN3O2. The summed E-state index contributed by atoms with van der Waals surface area (Å²) in [6.07, 6.45) is 4.22. The monoisotopic (exact) mass is 307 g/mol. The highest BCUT2D eigenvalue weighted by atomic mass is 19.1. The smallest absolute Gasteiger partial charge is 0.318 e. The molecule has 2 rings (SSSR count). The number of carbonyl (C=O) groups excluding carboxylic acids is 2. The molecule has 0 aromatic heterocycles. The molecule has 1 atom stereocenters. The maximum atomic E-state index is 13.1. The Kier molecular flexibility index (Phi) is 5.13. The van der Waals surface area contributed by atoms with Gasteiger partial charge in [-0.2, -0.15) is 0 Å². The normalized spacial score (nSPS) is 17.9. The first-order valence-electron chi connectivity index (χ1n) is 7.53. The van der Waals surface area contributed by atoms with Crippen molar-refractivity contribution >= 4 is 11.9 Å². The largest absolute Gasteiger partial charge is 0.351 e. The summed E-state index contributed by atoms with van der Waals surface area (Å²) in [5.41, 5.74) is 5.94. The Balaban J connectivity index is 2.04. The van der Waals surface area contributed by atoms with Crippen LogP contribution in [0.4, 0.5) is 9.18 Å². The van der Waals surface area contributed by atoms with E-state index >= 15 is 0 Å². The van der Waals surface area contributed by atoms with Crippen LogP contribution in [-0.2, 0) is 10.2 Å². The van der Waals surface area contributed by atoms with E-state index in [1.165, 1.54) is 12.1 Å². The summed E-state index contributed by atoms with van der Waals surface area (Å²) in [7, 11) is 0. The third-order valence-electron chi connectivity index (χ3n) is 4.40. The van der Waals surface area contributed by atoms with Crippen molar-refractivity contribution in [2.24, 2.45) is 5.73 Å². The number of urea groups is 1. The second kappa shape index (κ2) is 6.87. The van der Waals surface area contributed by atoms with E-state index in [0.717, 1.165) is 31.2 Å². The molecule has 1 fully saturated rings. The van der Waals surface area contributed by atoms with Crippen LogP contribution in [0.2, 0.25) is 0 Å². The van der Waals surface area contributed by atoms with Crippen LogP contribution >= 0.6 is 0 Å². The molecule has 0 saturated heterocycles. The molecule has 1 aromatic carbocycles. The lowest BCUT2D eigenvalue weighted by Gasteiger charge is -2.31. The molecular weight excluding hydrogens is 285 g/mol. The number of benzene rings is 1. The fourth-order valence-corrected chi connectivity index (χ4v) is 3.09. The number of primary amides is 1. The van der Waals surface area contributed by atoms with Crippen LogP contribution < -0.4 is 16.4 Å². The molecule has 1 aromatic rings. The predicted molar refractivity (Wildman–Crippen MR) is 81.7 cm³/mol. The van der Waals surface area contributed by atoms with Crippen LogP contribution in [0.3, 0.4) is 0 Å². The van der Waals surface area contributed by atoms with Crippen molar-refractivity contribution in [1.29, 1.82) is 0 Å². The number of halogens is 1. The van der Waals surface area contributed by atoms with Crippen molar-refractivity contribution in [3.63, 3.8) is 0 Å². The van der Waals surface area contributed by atoms with Gasteiger partial charge in [0.1, 0.15) is 5.82 Å². The second-order valence-corrected chi connectivity index (χ2v) is 5.95. The number of carbonyl (C=O) groups is 2. The van der Waals surface area contributed by atoms with Gasteiger partial charge in [0.05, 0.1) is 6.04 Å². The molecule has 22 heavy (non-hydrogen) atoms. The molecule has 0 aliphatic heterocycles. The van der Waals surface area contributed by atoms with Crippen LogP contribution in [0.1, 0.15) is 38.2 Å². The Morgan fingerprint density at radius 2 is 1.86 bits per heavy atom. The summed E-state index contributed by atoms with van der Waals surface area (Å²) in [4.78, 5) is 22.4. The van der Waals surface area contributed by atoms with Gasteiger partial charge in [-0.15, -0.1) is 0 Å². The van der Waals surface area contributed by atoms with E-state index in [2.05, 4.69) is 10.6 Å². The Hall–Kier alpha value is -1.95. The summed E-state index contributed by atoms with van der Waals surface area (Å²) in [6.45, 7) is 2.29. The molecule has 0 heterocycles. The molecule has 0 unspecified atom stereocenters. The summed E-state index contributed by atoms with van der Waals surface area (Å²) < 4.78 is 13.1. The number of hydrogen-bond acceptors (Lipinski definition) is 3. The molecule has 1 aliphatic rings. The van der Waals surface area contributed by atoms with Crippen molar-refractivity contribution in [3.8, 4) is 0 Å². The van der Waals surface area contributed by atoms with Gasteiger partial charge in [-0.3, -0.25) is 10.1 Å². The minimum atomic E-state index is -0.854. The van der Waals surface area contributed by atoms with Crippen molar-refractivity contribution in [1.82, 2.24) is 10.6 Å². The maximum Gasteiger partial charge on any atom is 0.318 e. The lowest BCUT2D eigenvalue weighted by molar-refractivity contribution is -0.121. The Labute approximate surface area is 129 Å². The quantitative estimate of drug-likeness (QED) is 0.775. The molecule has 120 valence electrons. The highest BCUT2D eigenvalue weighted by Crippen LogP contribution is 2.40. The molecule has 3 amide bonds. The van der Waals surface area contributed by atoms with E-state index in [0.29, 0.717) is 6.54 Å². The number of hydrogen-bond donors (Lipinski definition) is 3. The summed E-state index contributed by atoms with van der Waals surface area (Å²) in [5.74, 6) is -0.696. The number of nitrogens with one attached hydrogen (secondary N) is 2. The van der Waals surface area contributed by atoms with Gasteiger partial charge >= 0.3 is 6.03 Å². The highest BCUT2D eigenvalue weighted by Gasteiger charge is 2.36. The van der Waals surface area contributed by atoms with Crippen molar-refractivity contribution in [2.75, 3.05) is 6.54 Å². The van der Waals surface area contributed by atoms with Crippen molar-refractivity contribution in [3.05, 3.63) is 35.6 Å². The van der Waals surface area contributed by atoms with Gasteiger partial charge in [-0.1, -0.05) is 25.0 Å². The number of nitrogens with two attached hydrogens (primary N) is 1. The van der Waals surface area contributed by atoms with Gasteiger partial charge in [-0.05, 0) is 37.5 Å². The van der Waals surface area contributed by atoms with E-state index in [1.54, 1.807) is 6.92 Å². The summed E-state index contributed by atoms with van der Waals surface area (Å²) in [6, 6.07) is 5.20. The van der Waals surface area contributed by atoms with E-state index < -0.39 is 18.0 Å². The maximum absolute atomic E-state index is 13.1. The van der Waals surface area contributed by atoms with Gasteiger partial charge in [0.15, 0.2) is 0 Å². The van der Waals surface area contributed by atoms with Gasteiger partial charge in [0.25, 0.3) is 0 Å². The van der Waals surface area contributed by atoms with Crippen molar-refractivity contribution in [2.45, 2.75) is 44.1 Å². The Morgan fingerprint density at radius 1 is 1.27 bits per heavy atom. The third kappa shape index (κ3) is 3.82. The fraction of sp³-hybridized carbons (Fsp3) is 0.500. The Morgan fingerprint density at radius 3 is 2.41 bits per heavy atom. The zero-order chi connectivity index (χ0) is 16.2. The second-order valence-electron chi connectivity index (χ2n) is 5.95. The van der Waals surface area contributed by atoms with E-state index in [-0.39, 0.29) is 11.2 Å². The van der Waals surface area contributed by atoms with Crippen LogP contribution in [0, 0.1) is 5.82 Å². The number of amides is 3. The molecule has 0 bridgehead atoms. The first-order chi connectivity index (χ1) is 10.4. The molecule has 6 heteroatoms. The average Bonchev–Trinajstić information content (AvgIpc) is 2.94. The first-order valence-corrected chi connectivity index (χ1v) is 7.53.